The highest BCUT2D eigenvalue weighted by Gasteiger charge is 2.25. The van der Waals surface area contributed by atoms with Crippen LogP contribution >= 0.6 is 0 Å². The SMILES string of the molecule is CCOCCCNS(=O)(=O)c1c(C)oc(C)c1CNC. The Labute approximate surface area is 120 Å². The molecule has 0 spiro atoms. The molecule has 0 radical (unpaired) electrons. The van der Waals surface area contributed by atoms with E-state index in [1.165, 1.54) is 0 Å². The molecule has 0 aliphatic rings. The van der Waals surface area contributed by atoms with E-state index in [2.05, 4.69) is 10.0 Å². The van der Waals surface area contributed by atoms with E-state index in [0.717, 1.165) is 0 Å². The van der Waals surface area contributed by atoms with Crippen LogP contribution < -0.4 is 10.0 Å². The molecule has 0 atom stereocenters. The van der Waals surface area contributed by atoms with E-state index in [4.69, 9.17) is 9.15 Å². The molecule has 1 rings (SSSR count). The number of ether oxygens (including phenoxy) is 1. The van der Waals surface area contributed by atoms with Gasteiger partial charge in [0.1, 0.15) is 16.4 Å². The summed E-state index contributed by atoms with van der Waals surface area (Å²) in [5, 5.41) is 2.96. The van der Waals surface area contributed by atoms with Crippen molar-refractivity contribution in [2.24, 2.45) is 0 Å². The molecule has 0 aliphatic carbocycles. The summed E-state index contributed by atoms with van der Waals surface area (Å²) in [6.07, 6.45) is 0.643. The van der Waals surface area contributed by atoms with Crippen LogP contribution in [-0.2, 0) is 21.3 Å². The molecule has 0 saturated heterocycles. The standard InChI is InChI=1S/C13H24N2O4S/c1-5-18-8-6-7-15-20(16,17)13-11(3)19-10(2)12(13)9-14-4/h14-15H,5-9H2,1-4H3. The quantitative estimate of drug-likeness (QED) is 0.673. The molecule has 6 nitrogen and oxygen atoms in total. The van der Waals surface area contributed by atoms with Gasteiger partial charge in [-0.2, -0.15) is 0 Å². The van der Waals surface area contributed by atoms with Gasteiger partial charge in [-0.3, -0.25) is 0 Å². The normalized spacial score (nSPS) is 12.0. The van der Waals surface area contributed by atoms with Gasteiger partial charge in [-0.25, -0.2) is 13.1 Å². The Hall–Kier alpha value is -0.890. The average molecular weight is 304 g/mol. The molecule has 7 heteroatoms. The fourth-order valence-electron chi connectivity index (χ4n) is 2.04. The number of aryl methyl sites for hydroxylation is 2. The molecule has 0 aliphatic heterocycles. The molecule has 1 aromatic rings. The fourth-order valence-corrected chi connectivity index (χ4v) is 3.56. The zero-order valence-electron chi connectivity index (χ0n) is 12.6. The van der Waals surface area contributed by atoms with Gasteiger partial charge in [0.25, 0.3) is 0 Å². The van der Waals surface area contributed by atoms with Gasteiger partial charge in [-0.1, -0.05) is 0 Å². The van der Waals surface area contributed by atoms with Crippen molar-refractivity contribution in [3.63, 3.8) is 0 Å². The Balaban J connectivity index is 2.81. The second kappa shape index (κ2) is 7.78. The molecule has 0 amide bonds. The van der Waals surface area contributed by atoms with Crippen LogP contribution in [0.3, 0.4) is 0 Å². The third-order valence-electron chi connectivity index (χ3n) is 2.91. The van der Waals surface area contributed by atoms with Crippen LogP contribution in [0, 0.1) is 13.8 Å². The van der Waals surface area contributed by atoms with E-state index >= 15 is 0 Å². The van der Waals surface area contributed by atoms with Crippen molar-refractivity contribution < 1.29 is 17.6 Å². The minimum atomic E-state index is -3.55. The van der Waals surface area contributed by atoms with Crippen molar-refractivity contribution in [1.29, 1.82) is 0 Å². The summed E-state index contributed by atoms with van der Waals surface area (Å²) >= 11 is 0. The van der Waals surface area contributed by atoms with E-state index < -0.39 is 10.0 Å². The molecule has 0 aromatic carbocycles. The molecule has 20 heavy (non-hydrogen) atoms. The molecular formula is C13H24N2O4S. The number of hydrogen-bond donors (Lipinski definition) is 2. The highest BCUT2D eigenvalue weighted by molar-refractivity contribution is 7.89. The third kappa shape index (κ3) is 4.31. The lowest BCUT2D eigenvalue weighted by Crippen LogP contribution is -2.27. The largest absolute Gasteiger partial charge is 0.465 e. The molecule has 0 bridgehead atoms. The molecule has 1 aromatic heterocycles. The van der Waals surface area contributed by atoms with Crippen LogP contribution in [0.5, 0.6) is 0 Å². The maximum absolute atomic E-state index is 12.4. The number of hydrogen-bond acceptors (Lipinski definition) is 5. The van der Waals surface area contributed by atoms with Gasteiger partial charge in [0, 0.05) is 31.9 Å². The summed E-state index contributed by atoms with van der Waals surface area (Å²) in [4.78, 5) is 0.251. The molecule has 116 valence electrons. The zero-order valence-corrected chi connectivity index (χ0v) is 13.4. The third-order valence-corrected chi connectivity index (χ3v) is 4.56. The topological polar surface area (TPSA) is 80.6 Å². The van der Waals surface area contributed by atoms with E-state index in [1.54, 1.807) is 20.9 Å². The van der Waals surface area contributed by atoms with Crippen molar-refractivity contribution in [2.45, 2.75) is 38.6 Å². The summed E-state index contributed by atoms with van der Waals surface area (Å²) in [5.74, 6) is 1.05. The van der Waals surface area contributed by atoms with Crippen LogP contribution in [0.1, 0.15) is 30.4 Å². The first-order valence-corrected chi connectivity index (χ1v) is 8.23. The first kappa shape index (κ1) is 17.2. The Kier molecular flexibility index (Phi) is 6.67. The molecule has 1 heterocycles. The smallest absolute Gasteiger partial charge is 0.244 e. The summed E-state index contributed by atoms with van der Waals surface area (Å²) in [6.45, 7) is 7.34. The highest BCUT2D eigenvalue weighted by atomic mass is 32.2. The van der Waals surface area contributed by atoms with Crippen molar-refractivity contribution in [3.8, 4) is 0 Å². The van der Waals surface area contributed by atoms with E-state index in [9.17, 15) is 8.42 Å². The van der Waals surface area contributed by atoms with E-state index in [0.29, 0.717) is 49.8 Å². The first-order chi connectivity index (χ1) is 9.44. The minimum Gasteiger partial charge on any atom is -0.465 e. The van der Waals surface area contributed by atoms with Crippen LogP contribution in [0.25, 0.3) is 0 Å². The Morgan fingerprint density at radius 3 is 2.55 bits per heavy atom. The van der Waals surface area contributed by atoms with Crippen LogP contribution in [0.15, 0.2) is 9.31 Å². The van der Waals surface area contributed by atoms with Gasteiger partial charge in [-0.15, -0.1) is 0 Å². The first-order valence-electron chi connectivity index (χ1n) is 6.74. The molecule has 0 fully saturated rings. The Bertz CT molecular complexity index is 523. The summed E-state index contributed by atoms with van der Waals surface area (Å²) < 4.78 is 37.9. The number of furan rings is 1. The summed E-state index contributed by atoms with van der Waals surface area (Å²) in [7, 11) is -1.78. The lowest BCUT2D eigenvalue weighted by Gasteiger charge is -2.08. The van der Waals surface area contributed by atoms with Gasteiger partial charge in [0.15, 0.2) is 0 Å². The Morgan fingerprint density at radius 2 is 1.95 bits per heavy atom. The Morgan fingerprint density at radius 1 is 1.25 bits per heavy atom. The lowest BCUT2D eigenvalue weighted by molar-refractivity contribution is 0.146. The number of rotatable bonds is 9. The van der Waals surface area contributed by atoms with Gasteiger partial charge in [-0.05, 0) is 34.2 Å². The molecule has 0 saturated carbocycles. The van der Waals surface area contributed by atoms with Crippen LogP contribution in [0.2, 0.25) is 0 Å². The predicted molar refractivity (Wildman–Crippen MR) is 77.2 cm³/mol. The van der Waals surface area contributed by atoms with Crippen LogP contribution in [-0.4, -0.2) is 35.2 Å². The van der Waals surface area contributed by atoms with Gasteiger partial charge >= 0.3 is 0 Å². The monoisotopic (exact) mass is 304 g/mol. The van der Waals surface area contributed by atoms with Crippen LogP contribution in [0.4, 0.5) is 0 Å². The number of nitrogens with one attached hydrogen (secondary N) is 2. The zero-order chi connectivity index (χ0) is 15.2. The van der Waals surface area contributed by atoms with E-state index in [-0.39, 0.29) is 4.90 Å². The molecule has 0 unspecified atom stereocenters. The predicted octanol–water partition coefficient (Wildman–Crippen LogP) is 1.32. The highest BCUT2D eigenvalue weighted by Crippen LogP contribution is 2.26. The lowest BCUT2D eigenvalue weighted by atomic mass is 10.2. The van der Waals surface area contributed by atoms with E-state index in [1.807, 2.05) is 6.92 Å². The van der Waals surface area contributed by atoms with Crippen molar-refractivity contribution in [1.82, 2.24) is 10.0 Å². The maximum atomic E-state index is 12.4. The second-order valence-electron chi connectivity index (χ2n) is 4.50. The number of sulfonamides is 1. The second-order valence-corrected chi connectivity index (χ2v) is 6.20. The van der Waals surface area contributed by atoms with Gasteiger partial charge in [0.05, 0.1) is 0 Å². The van der Waals surface area contributed by atoms with Gasteiger partial charge in [0.2, 0.25) is 10.0 Å². The fraction of sp³-hybridized carbons (Fsp3) is 0.692. The van der Waals surface area contributed by atoms with Crippen molar-refractivity contribution >= 4 is 10.0 Å². The van der Waals surface area contributed by atoms with Crippen molar-refractivity contribution in [3.05, 3.63) is 17.1 Å². The molecular weight excluding hydrogens is 280 g/mol. The maximum Gasteiger partial charge on any atom is 0.244 e. The average Bonchev–Trinajstić information content (AvgIpc) is 2.65. The summed E-state index contributed by atoms with van der Waals surface area (Å²) in [5.41, 5.74) is 0.683. The minimum absolute atomic E-state index is 0.251. The van der Waals surface area contributed by atoms with Gasteiger partial charge < -0.3 is 14.5 Å². The van der Waals surface area contributed by atoms with Crippen molar-refractivity contribution in [2.75, 3.05) is 26.8 Å². The summed E-state index contributed by atoms with van der Waals surface area (Å²) in [6, 6.07) is 0. The molecule has 2 N–H and O–H groups in total.